The molecule has 7 heteroatoms. The number of rotatable bonds is 5. The first-order valence-electron chi connectivity index (χ1n) is 9.33. The Hall–Kier alpha value is -1.70. The van der Waals surface area contributed by atoms with E-state index in [-0.39, 0.29) is 23.1 Å². The smallest absolute Gasteiger partial charge is 0.227 e. The number of hydrogen-bond donors (Lipinski definition) is 1. The van der Waals surface area contributed by atoms with E-state index in [9.17, 15) is 9.59 Å². The zero-order chi connectivity index (χ0) is 18.7. The van der Waals surface area contributed by atoms with Crippen LogP contribution in [0.5, 0.6) is 0 Å². The van der Waals surface area contributed by atoms with Gasteiger partial charge in [0, 0.05) is 36.6 Å². The van der Waals surface area contributed by atoms with Gasteiger partial charge >= 0.3 is 0 Å². The summed E-state index contributed by atoms with van der Waals surface area (Å²) >= 11 is 3.25. The van der Waals surface area contributed by atoms with Crippen molar-refractivity contribution in [3.8, 4) is 0 Å². The molecular weight excluding hydrogens is 380 g/mol. The van der Waals surface area contributed by atoms with E-state index in [4.69, 9.17) is 4.74 Å². The molecule has 0 radical (unpaired) electrons. The summed E-state index contributed by atoms with van der Waals surface area (Å²) in [6.45, 7) is 3.07. The molecule has 1 N–H and O–H groups in total. The van der Waals surface area contributed by atoms with Gasteiger partial charge in [-0.1, -0.05) is 6.07 Å². The number of amides is 2. The number of thiophene rings is 2. The number of hydrogen-bond acceptors (Lipinski definition) is 5. The third-order valence-corrected chi connectivity index (χ3v) is 7.37. The lowest BCUT2D eigenvalue weighted by atomic mass is 9.72. The number of likely N-dealkylation sites (tertiary alicyclic amines) is 1. The van der Waals surface area contributed by atoms with E-state index in [1.165, 1.54) is 0 Å². The molecule has 5 nitrogen and oxygen atoms in total. The Morgan fingerprint density at radius 3 is 2.81 bits per heavy atom. The summed E-state index contributed by atoms with van der Waals surface area (Å²) in [6.07, 6.45) is 2.10. The molecule has 2 aliphatic rings. The minimum absolute atomic E-state index is 0.0659. The van der Waals surface area contributed by atoms with E-state index >= 15 is 0 Å². The van der Waals surface area contributed by atoms with Gasteiger partial charge in [0.2, 0.25) is 11.8 Å². The highest BCUT2D eigenvalue weighted by molar-refractivity contribution is 7.09. The standard InChI is InChI=1S/C20H24N2O3S2/c23-18(10-15-3-9-26-13-15)22-12-17(20(14-22)4-6-25-7-5-20)19(24)21-11-16-2-1-8-27-16/h1-3,8-9,13,17H,4-7,10-12,14H2,(H,21,24). The third-order valence-electron chi connectivity index (χ3n) is 5.76. The van der Waals surface area contributed by atoms with Crippen molar-refractivity contribution in [3.05, 3.63) is 44.8 Å². The van der Waals surface area contributed by atoms with E-state index in [0.717, 1.165) is 23.3 Å². The van der Waals surface area contributed by atoms with Crippen molar-refractivity contribution in [2.45, 2.75) is 25.8 Å². The molecule has 2 aromatic rings. The topological polar surface area (TPSA) is 58.6 Å². The molecule has 27 heavy (non-hydrogen) atoms. The van der Waals surface area contributed by atoms with Crippen molar-refractivity contribution in [2.24, 2.45) is 11.3 Å². The molecule has 0 aromatic carbocycles. The van der Waals surface area contributed by atoms with Crippen LogP contribution < -0.4 is 5.32 Å². The number of ether oxygens (including phenoxy) is 1. The maximum absolute atomic E-state index is 13.0. The first kappa shape index (κ1) is 18.7. The highest BCUT2D eigenvalue weighted by atomic mass is 32.1. The van der Waals surface area contributed by atoms with E-state index in [1.54, 1.807) is 22.7 Å². The lowest BCUT2D eigenvalue weighted by Gasteiger charge is -2.37. The average molecular weight is 405 g/mol. The Kier molecular flexibility index (Phi) is 5.61. The average Bonchev–Trinajstić information content (AvgIpc) is 3.42. The second-order valence-electron chi connectivity index (χ2n) is 7.41. The molecule has 144 valence electrons. The van der Waals surface area contributed by atoms with Crippen LogP contribution in [-0.2, 0) is 27.3 Å². The summed E-state index contributed by atoms with van der Waals surface area (Å²) < 4.78 is 5.55. The first-order valence-corrected chi connectivity index (χ1v) is 11.2. The van der Waals surface area contributed by atoms with Gasteiger partial charge in [-0.25, -0.2) is 0 Å². The molecule has 0 saturated carbocycles. The lowest BCUT2D eigenvalue weighted by Crippen LogP contribution is -2.44. The first-order chi connectivity index (χ1) is 13.2. The van der Waals surface area contributed by atoms with Crippen molar-refractivity contribution >= 4 is 34.5 Å². The largest absolute Gasteiger partial charge is 0.381 e. The predicted molar refractivity (Wildman–Crippen MR) is 107 cm³/mol. The van der Waals surface area contributed by atoms with Gasteiger partial charge in [-0.3, -0.25) is 9.59 Å². The molecule has 1 atom stereocenters. The molecule has 2 aromatic heterocycles. The van der Waals surface area contributed by atoms with Crippen molar-refractivity contribution in [2.75, 3.05) is 26.3 Å². The molecule has 2 aliphatic heterocycles. The van der Waals surface area contributed by atoms with Crippen LogP contribution in [0.2, 0.25) is 0 Å². The Morgan fingerprint density at radius 2 is 2.11 bits per heavy atom. The third kappa shape index (κ3) is 4.10. The molecule has 1 unspecified atom stereocenters. The van der Waals surface area contributed by atoms with E-state index in [0.29, 0.717) is 39.3 Å². The summed E-state index contributed by atoms with van der Waals surface area (Å²) in [5, 5.41) is 9.12. The molecule has 4 rings (SSSR count). The Morgan fingerprint density at radius 1 is 1.26 bits per heavy atom. The quantitative estimate of drug-likeness (QED) is 0.834. The van der Waals surface area contributed by atoms with Crippen LogP contribution in [0.1, 0.15) is 23.3 Å². The van der Waals surface area contributed by atoms with Crippen LogP contribution in [0.4, 0.5) is 0 Å². The van der Waals surface area contributed by atoms with Gasteiger partial charge in [0.15, 0.2) is 0 Å². The second-order valence-corrected chi connectivity index (χ2v) is 9.22. The number of nitrogens with zero attached hydrogens (tertiary/aromatic N) is 1. The molecule has 0 aliphatic carbocycles. The van der Waals surface area contributed by atoms with Gasteiger partial charge in [0.1, 0.15) is 0 Å². The number of nitrogens with one attached hydrogen (secondary N) is 1. The van der Waals surface area contributed by atoms with E-state index in [2.05, 4.69) is 5.32 Å². The van der Waals surface area contributed by atoms with Gasteiger partial charge in [0.25, 0.3) is 0 Å². The van der Waals surface area contributed by atoms with Gasteiger partial charge in [-0.15, -0.1) is 11.3 Å². The van der Waals surface area contributed by atoms with Crippen LogP contribution >= 0.6 is 22.7 Å². The summed E-state index contributed by atoms with van der Waals surface area (Å²) in [7, 11) is 0. The Bertz CT molecular complexity index is 767. The highest BCUT2D eigenvalue weighted by Crippen LogP contribution is 2.44. The van der Waals surface area contributed by atoms with Crippen LogP contribution in [0.15, 0.2) is 34.3 Å². The van der Waals surface area contributed by atoms with Crippen molar-refractivity contribution in [1.29, 1.82) is 0 Å². The number of carbonyl (C=O) groups excluding carboxylic acids is 2. The molecule has 1 spiro atoms. The molecule has 2 saturated heterocycles. The van der Waals surface area contributed by atoms with Gasteiger partial charge in [-0.05, 0) is 46.7 Å². The highest BCUT2D eigenvalue weighted by Gasteiger charge is 2.51. The fourth-order valence-electron chi connectivity index (χ4n) is 4.19. The molecule has 4 heterocycles. The predicted octanol–water partition coefficient (Wildman–Crippen LogP) is 2.92. The zero-order valence-electron chi connectivity index (χ0n) is 15.2. The van der Waals surface area contributed by atoms with Crippen LogP contribution in [0.3, 0.4) is 0 Å². The maximum Gasteiger partial charge on any atom is 0.227 e. The maximum atomic E-state index is 13.0. The van der Waals surface area contributed by atoms with Gasteiger partial charge < -0.3 is 15.0 Å². The summed E-state index contributed by atoms with van der Waals surface area (Å²) in [5.74, 6) is 0.0248. The monoisotopic (exact) mass is 404 g/mol. The Balaban J connectivity index is 1.45. The minimum atomic E-state index is -0.159. The van der Waals surface area contributed by atoms with Crippen molar-refractivity contribution in [3.63, 3.8) is 0 Å². The molecule has 2 fully saturated rings. The van der Waals surface area contributed by atoms with Crippen molar-refractivity contribution < 1.29 is 14.3 Å². The number of carbonyl (C=O) groups is 2. The summed E-state index contributed by atoms with van der Waals surface area (Å²) in [4.78, 5) is 28.9. The summed E-state index contributed by atoms with van der Waals surface area (Å²) in [5.41, 5.74) is 0.902. The minimum Gasteiger partial charge on any atom is -0.381 e. The SMILES string of the molecule is O=C(NCc1cccs1)C1CN(C(=O)Cc2ccsc2)CC12CCOCC2. The fraction of sp³-hybridized carbons (Fsp3) is 0.500. The van der Waals surface area contributed by atoms with Gasteiger partial charge in [-0.2, -0.15) is 11.3 Å². The molecular formula is C20H24N2O3S2. The van der Waals surface area contributed by atoms with E-state index in [1.807, 2.05) is 39.2 Å². The van der Waals surface area contributed by atoms with Crippen LogP contribution in [0, 0.1) is 11.3 Å². The lowest BCUT2D eigenvalue weighted by molar-refractivity contribution is -0.130. The van der Waals surface area contributed by atoms with Crippen LogP contribution in [-0.4, -0.2) is 43.0 Å². The van der Waals surface area contributed by atoms with Crippen molar-refractivity contribution in [1.82, 2.24) is 10.2 Å². The van der Waals surface area contributed by atoms with Crippen LogP contribution in [0.25, 0.3) is 0 Å². The fourth-order valence-corrected chi connectivity index (χ4v) is 5.51. The molecule has 2 amide bonds. The summed E-state index contributed by atoms with van der Waals surface area (Å²) in [6, 6.07) is 6.01. The Labute approximate surface area is 167 Å². The molecule has 0 bridgehead atoms. The van der Waals surface area contributed by atoms with E-state index < -0.39 is 0 Å². The zero-order valence-corrected chi connectivity index (χ0v) is 16.8. The normalized spacial score (nSPS) is 21.5. The second kappa shape index (κ2) is 8.12. The van der Waals surface area contributed by atoms with Gasteiger partial charge in [0.05, 0.1) is 18.9 Å².